The number of hydrogen-bond donors (Lipinski definition) is 3. The minimum atomic E-state index is -0.156. The molecule has 0 spiro atoms. The van der Waals surface area contributed by atoms with E-state index in [0.29, 0.717) is 0 Å². The monoisotopic (exact) mass is 227 g/mol. The Morgan fingerprint density at radius 2 is 2.19 bits per heavy atom. The quantitative estimate of drug-likeness (QED) is 0.684. The number of hydrogen-bond acceptors (Lipinski definition) is 2. The summed E-state index contributed by atoms with van der Waals surface area (Å²) in [6.07, 6.45) is 3.62. The van der Waals surface area contributed by atoms with Gasteiger partial charge in [0.2, 0.25) is 0 Å². The molecule has 0 aromatic heterocycles. The van der Waals surface area contributed by atoms with Gasteiger partial charge in [0.05, 0.1) is 0 Å². The highest BCUT2D eigenvalue weighted by Gasteiger charge is 2.15. The third-order valence-electron chi connectivity index (χ3n) is 2.73. The normalized spacial score (nSPS) is 21.6. The molecule has 1 unspecified atom stereocenters. The SMILES string of the molecule is CC(C)(C)NC(=O)NCCC1CCCNC1. The first-order valence-corrected chi connectivity index (χ1v) is 6.24. The van der Waals surface area contributed by atoms with Crippen molar-refractivity contribution >= 4 is 6.03 Å². The first-order chi connectivity index (χ1) is 7.47. The summed E-state index contributed by atoms with van der Waals surface area (Å²) in [6, 6.07) is -0.0590. The number of carbonyl (C=O) groups excluding carboxylic acids is 1. The van der Waals surface area contributed by atoms with Gasteiger partial charge in [0, 0.05) is 12.1 Å². The predicted octanol–water partition coefficient (Wildman–Crippen LogP) is 1.47. The number of amides is 2. The molecule has 1 fully saturated rings. The Morgan fingerprint density at radius 1 is 1.44 bits per heavy atom. The molecular formula is C12H25N3O. The van der Waals surface area contributed by atoms with Crippen LogP contribution in [0.5, 0.6) is 0 Å². The molecule has 1 aliphatic rings. The van der Waals surface area contributed by atoms with Gasteiger partial charge in [0.25, 0.3) is 0 Å². The highest BCUT2D eigenvalue weighted by molar-refractivity contribution is 5.74. The summed E-state index contributed by atoms with van der Waals surface area (Å²) in [7, 11) is 0. The third-order valence-corrected chi connectivity index (χ3v) is 2.73. The van der Waals surface area contributed by atoms with Gasteiger partial charge >= 0.3 is 6.03 Å². The van der Waals surface area contributed by atoms with Crippen molar-refractivity contribution < 1.29 is 4.79 Å². The molecule has 1 saturated heterocycles. The maximum Gasteiger partial charge on any atom is 0.315 e. The molecule has 0 bridgehead atoms. The van der Waals surface area contributed by atoms with E-state index >= 15 is 0 Å². The van der Waals surface area contributed by atoms with Crippen LogP contribution in [0.1, 0.15) is 40.0 Å². The fraction of sp³-hybridized carbons (Fsp3) is 0.917. The molecule has 4 heteroatoms. The van der Waals surface area contributed by atoms with E-state index in [1.54, 1.807) is 0 Å². The molecule has 0 radical (unpaired) electrons. The molecule has 0 aromatic carbocycles. The molecule has 1 atom stereocenters. The van der Waals surface area contributed by atoms with Crippen LogP contribution in [0.3, 0.4) is 0 Å². The van der Waals surface area contributed by atoms with Crippen molar-refractivity contribution in [1.82, 2.24) is 16.0 Å². The van der Waals surface area contributed by atoms with Crippen molar-refractivity contribution in [2.24, 2.45) is 5.92 Å². The summed E-state index contributed by atoms with van der Waals surface area (Å²) in [5, 5.41) is 9.18. The zero-order valence-electron chi connectivity index (χ0n) is 10.7. The van der Waals surface area contributed by atoms with Gasteiger partial charge in [-0.1, -0.05) is 0 Å². The van der Waals surface area contributed by atoms with Gasteiger partial charge in [-0.2, -0.15) is 0 Å². The lowest BCUT2D eigenvalue weighted by atomic mass is 9.96. The first-order valence-electron chi connectivity index (χ1n) is 6.24. The maximum atomic E-state index is 11.5. The Kier molecular flexibility index (Phi) is 5.06. The highest BCUT2D eigenvalue weighted by atomic mass is 16.2. The summed E-state index contributed by atoms with van der Waals surface area (Å²) in [5.74, 6) is 0.726. The Labute approximate surface area is 98.6 Å². The molecule has 1 rings (SSSR count). The fourth-order valence-corrected chi connectivity index (χ4v) is 1.94. The van der Waals surface area contributed by atoms with E-state index in [2.05, 4.69) is 16.0 Å². The molecular weight excluding hydrogens is 202 g/mol. The molecule has 1 heterocycles. The van der Waals surface area contributed by atoms with Gasteiger partial charge in [-0.25, -0.2) is 4.79 Å². The van der Waals surface area contributed by atoms with Crippen LogP contribution in [0, 0.1) is 5.92 Å². The lowest BCUT2D eigenvalue weighted by Crippen LogP contribution is -2.47. The topological polar surface area (TPSA) is 53.2 Å². The smallest absolute Gasteiger partial charge is 0.315 e. The van der Waals surface area contributed by atoms with E-state index in [1.807, 2.05) is 20.8 Å². The Morgan fingerprint density at radius 3 is 2.75 bits per heavy atom. The molecule has 16 heavy (non-hydrogen) atoms. The zero-order chi connectivity index (χ0) is 12.0. The van der Waals surface area contributed by atoms with Crippen LogP contribution in [0.25, 0.3) is 0 Å². The molecule has 0 aliphatic carbocycles. The van der Waals surface area contributed by atoms with Gasteiger partial charge in [0.1, 0.15) is 0 Å². The van der Waals surface area contributed by atoms with Crippen molar-refractivity contribution in [2.45, 2.75) is 45.6 Å². The molecule has 3 N–H and O–H groups in total. The summed E-state index contributed by atoms with van der Waals surface area (Å²) >= 11 is 0. The van der Waals surface area contributed by atoms with E-state index in [1.165, 1.54) is 12.8 Å². The van der Waals surface area contributed by atoms with Crippen LogP contribution in [0.4, 0.5) is 4.79 Å². The van der Waals surface area contributed by atoms with Gasteiger partial charge in [-0.15, -0.1) is 0 Å². The highest BCUT2D eigenvalue weighted by Crippen LogP contribution is 2.12. The van der Waals surface area contributed by atoms with Crippen LogP contribution in [0.2, 0.25) is 0 Å². The average molecular weight is 227 g/mol. The summed E-state index contributed by atoms with van der Waals surface area (Å²) < 4.78 is 0. The average Bonchev–Trinajstić information content (AvgIpc) is 2.16. The molecule has 4 nitrogen and oxygen atoms in total. The van der Waals surface area contributed by atoms with Gasteiger partial charge in [0.15, 0.2) is 0 Å². The minimum absolute atomic E-state index is 0.0590. The number of rotatable bonds is 3. The molecule has 0 saturated carbocycles. The lowest BCUT2D eigenvalue weighted by Gasteiger charge is -2.24. The Hall–Kier alpha value is -0.770. The van der Waals surface area contributed by atoms with E-state index in [-0.39, 0.29) is 11.6 Å². The number of piperidine rings is 1. The summed E-state index contributed by atoms with van der Waals surface area (Å²) in [5.41, 5.74) is -0.156. The predicted molar refractivity (Wildman–Crippen MR) is 66.5 cm³/mol. The van der Waals surface area contributed by atoms with E-state index in [9.17, 15) is 4.79 Å². The van der Waals surface area contributed by atoms with E-state index < -0.39 is 0 Å². The van der Waals surface area contributed by atoms with Crippen molar-refractivity contribution in [1.29, 1.82) is 0 Å². The molecule has 2 amide bonds. The second-order valence-electron chi connectivity index (χ2n) is 5.63. The van der Waals surface area contributed by atoms with Crippen LogP contribution >= 0.6 is 0 Å². The second kappa shape index (κ2) is 6.09. The molecule has 1 aliphatic heterocycles. The number of nitrogens with one attached hydrogen (secondary N) is 3. The van der Waals surface area contributed by atoms with Crippen LogP contribution in [-0.4, -0.2) is 31.2 Å². The maximum absolute atomic E-state index is 11.5. The lowest BCUT2D eigenvalue weighted by molar-refractivity contribution is 0.230. The number of urea groups is 1. The van der Waals surface area contributed by atoms with Gasteiger partial charge in [-0.3, -0.25) is 0 Å². The van der Waals surface area contributed by atoms with Crippen molar-refractivity contribution in [2.75, 3.05) is 19.6 Å². The van der Waals surface area contributed by atoms with Gasteiger partial charge < -0.3 is 16.0 Å². The third kappa shape index (κ3) is 5.95. The largest absolute Gasteiger partial charge is 0.338 e. The van der Waals surface area contributed by atoms with E-state index in [0.717, 1.165) is 32.0 Å². The molecule has 94 valence electrons. The summed E-state index contributed by atoms with van der Waals surface area (Å²) in [6.45, 7) is 8.97. The second-order valence-corrected chi connectivity index (χ2v) is 5.63. The van der Waals surface area contributed by atoms with Crippen LogP contribution in [0.15, 0.2) is 0 Å². The Bertz CT molecular complexity index is 217. The van der Waals surface area contributed by atoms with Crippen LogP contribution in [-0.2, 0) is 0 Å². The van der Waals surface area contributed by atoms with Gasteiger partial charge in [-0.05, 0) is 59.0 Å². The first kappa shape index (κ1) is 13.3. The number of carbonyl (C=O) groups is 1. The standard InChI is InChI=1S/C12H25N3O/c1-12(2,3)15-11(16)14-8-6-10-5-4-7-13-9-10/h10,13H,4-9H2,1-3H3,(H2,14,15,16). The minimum Gasteiger partial charge on any atom is -0.338 e. The van der Waals surface area contributed by atoms with Crippen LogP contribution < -0.4 is 16.0 Å². The fourth-order valence-electron chi connectivity index (χ4n) is 1.94. The van der Waals surface area contributed by atoms with Crippen molar-refractivity contribution in [3.63, 3.8) is 0 Å². The van der Waals surface area contributed by atoms with Crippen molar-refractivity contribution in [3.05, 3.63) is 0 Å². The zero-order valence-corrected chi connectivity index (χ0v) is 10.7. The van der Waals surface area contributed by atoms with Crippen molar-refractivity contribution in [3.8, 4) is 0 Å². The van der Waals surface area contributed by atoms with E-state index in [4.69, 9.17) is 0 Å². The Balaban J connectivity index is 2.08. The molecule has 0 aromatic rings. The summed E-state index contributed by atoms with van der Waals surface area (Å²) in [4.78, 5) is 11.5.